The molecule has 0 aliphatic carbocycles. The van der Waals surface area contributed by atoms with Gasteiger partial charge in [0.1, 0.15) is 5.65 Å². The molecule has 2 heterocycles. The molecule has 2 aromatic rings. The second-order valence-corrected chi connectivity index (χ2v) is 4.67. The van der Waals surface area contributed by atoms with Gasteiger partial charge in [-0.1, -0.05) is 13.8 Å². The summed E-state index contributed by atoms with van der Waals surface area (Å²) in [4.78, 5) is 4.56. The Morgan fingerprint density at radius 3 is 2.71 bits per heavy atom. The summed E-state index contributed by atoms with van der Waals surface area (Å²) in [6.45, 7) is 6.40. The number of imidazole rings is 1. The molecule has 74 valence electrons. The van der Waals surface area contributed by atoms with E-state index in [9.17, 15) is 0 Å². The normalized spacial score (nSPS) is 11.5. The number of nitrogens with zero attached hydrogens (tertiary/aromatic N) is 2. The zero-order valence-electron chi connectivity index (χ0n) is 8.58. The first kappa shape index (κ1) is 9.71. The van der Waals surface area contributed by atoms with E-state index < -0.39 is 0 Å². The summed E-state index contributed by atoms with van der Waals surface area (Å²) in [5, 5.41) is 0. The second-order valence-electron chi connectivity index (χ2n) is 3.82. The highest BCUT2D eigenvalue weighted by Gasteiger charge is 2.07. The van der Waals surface area contributed by atoms with Gasteiger partial charge in [-0.3, -0.25) is 0 Å². The third-order valence-electron chi connectivity index (χ3n) is 2.43. The van der Waals surface area contributed by atoms with Gasteiger partial charge < -0.3 is 4.40 Å². The molecule has 0 N–H and O–H groups in total. The lowest BCUT2D eigenvalue weighted by atomic mass is 10.2. The van der Waals surface area contributed by atoms with E-state index >= 15 is 0 Å². The predicted molar refractivity (Wildman–Crippen MR) is 61.7 cm³/mol. The monoisotopic (exact) mass is 252 g/mol. The van der Waals surface area contributed by atoms with Crippen LogP contribution in [0.15, 0.2) is 22.8 Å². The van der Waals surface area contributed by atoms with Crippen LogP contribution in [0.3, 0.4) is 0 Å². The number of aryl methyl sites for hydroxylation is 1. The molecule has 0 aromatic carbocycles. The van der Waals surface area contributed by atoms with E-state index in [1.54, 1.807) is 0 Å². The molecule has 0 saturated heterocycles. The maximum absolute atomic E-state index is 4.56. The molecule has 0 fully saturated rings. The average Bonchev–Trinajstić information content (AvgIpc) is 2.56. The standard InChI is InChI=1S/C11H13BrN2/c1-7(2)10-6-14-8(3)9(12)4-5-11(14)13-10/h4-7H,1-3H3. The Bertz CT molecular complexity index is 471. The minimum atomic E-state index is 0.480. The molecule has 2 rings (SSSR count). The van der Waals surface area contributed by atoms with Crippen molar-refractivity contribution in [2.24, 2.45) is 0 Å². The average molecular weight is 253 g/mol. The van der Waals surface area contributed by atoms with Crippen LogP contribution in [0.4, 0.5) is 0 Å². The summed E-state index contributed by atoms with van der Waals surface area (Å²) >= 11 is 3.51. The minimum Gasteiger partial charge on any atom is -0.303 e. The van der Waals surface area contributed by atoms with E-state index in [0.717, 1.165) is 15.8 Å². The van der Waals surface area contributed by atoms with E-state index in [4.69, 9.17) is 0 Å². The molecule has 0 amide bonds. The summed E-state index contributed by atoms with van der Waals surface area (Å²) in [7, 11) is 0. The van der Waals surface area contributed by atoms with Crippen molar-refractivity contribution in [3.05, 3.63) is 34.2 Å². The first-order valence-corrected chi connectivity index (χ1v) is 5.53. The number of hydrogen-bond donors (Lipinski definition) is 0. The SMILES string of the molecule is Cc1c(Br)ccc2nc(C(C)C)cn12. The molecule has 0 saturated carbocycles. The van der Waals surface area contributed by atoms with Crippen molar-refractivity contribution in [3.63, 3.8) is 0 Å². The summed E-state index contributed by atoms with van der Waals surface area (Å²) in [5.74, 6) is 0.480. The van der Waals surface area contributed by atoms with Crippen LogP contribution >= 0.6 is 15.9 Å². The van der Waals surface area contributed by atoms with E-state index in [1.807, 2.05) is 12.1 Å². The van der Waals surface area contributed by atoms with E-state index in [1.165, 1.54) is 5.69 Å². The fraction of sp³-hybridized carbons (Fsp3) is 0.364. The number of hydrogen-bond acceptors (Lipinski definition) is 1. The van der Waals surface area contributed by atoms with E-state index in [0.29, 0.717) is 5.92 Å². The largest absolute Gasteiger partial charge is 0.303 e. The molecular formula is C11H13BrN2. The van der Waals surface area contributed by atoms with E-state index in [2.05, 4.69) is 52.3 Å². The Kier molecular flexibility index (Phi) is 2.35. The van der Waals surface area contributed by atoms with Crippen LogP contribution in [0.2, 0.25) is 0 Å². The van der Waals surface area contributed by atoms with Crippen LogP contribution in [-0.4, -0.2) is 9.38 Å². The van der Waals surface area contributed by atoms with Gasteiger partial charge in [0.2, 0.25) is 0 Å². The summed E-state index contributed by atoms with van der Waals surface area (Å²) in [6, 6.07) is 4.07. The topological polar surface area (TPSA) is 17.3 Å². The summed E-state index contributed by atoms with van der Waals surface area (Å²) in [6.07, 6.45) is 2.11. The van der Waals surface area contributed by atoms with Gasteiger partial charge in [0.25, 0.3) is 0 Å². The quantitative estimate of drug-likeness (QED) is 0.759. The first-order chi connectivity index (χ1) is 6.59. The Balaban J connectivity index is 2.71. The van der Waals surface area contributed by atoms with Crippen LogP contribution in [0.1, 0.15) is 31.2 Å². The van der Waals surface area contributed by atoms with Crippen molar-refractivity contribution in [2.45, 2.75) is 26.7 Å². The van der Waals surface area contributed by atoms with Gasteiger partial charge in [-0.05, 0) is 40.9 Å². The van der Waals surface area contributed by atoms with Crippen molar-refractivity contribution >= 4 is 21.6 Å². The van der Waals surface area contributed by atoms with Crippen molar-refractivity contribution in [1.29, 1.82) is 0 Å². The van der Waals surface area contributed by atoms with Crippen molar-refractivity contribution in [3.8, 4) is 0 Å². The Morgan fingerprint density at radius 1 is 1.36 bits per heavy atom. The maximum atomic E-state index is 4.56. The van der Waals surface area contributed by atoms with Crippen molar-refractivity contribution < 1.29 is 0 Å². The number of pyridine rings is 1. The zero-order valence-corrected chi connectivity index (χ0v) is 10.2. The van der Waals surface area contributed by atoms with Gasteiger partial charge >= 0.3 is 0 Å². The number of fused-ring (bicyclic) bond motifs is 1. The van der Waals surface area contributed by atoms with Crippen LogP contribution in [0.5, 0.6) is 0 Å². The lowest BCUT2D eigenvalue weighted by Gasteiger charge is -2.00. The lowest BCUT2D eigenvalue weighted by molar-refractivity contribution is 0.833. The molecule has 2 nitrogen and oxygen atoms in total. The molecular weight excluding hydrogens is 240 g/mol. The molecule has 0 spiro atoms. The molecule has 0 aliphatic rings. The number of halogens is 1. The molecule has 0 radical (unpaired) electrons. The van der Waals surface area contributed by atoms with Crippen LogP contribution < -0.4 is 0 Å². The zero-order chi connectivity index (χ0) is 10.3. The molecule has 0 aliphatic heterocycles. The van der Waals surface area contributed by atoms with Crippen molar-refractivity contribution in [1.82, 2.24) is 9.38 Å². The Morgan fingerprint density at radius 2 is 2.07 bits per heavy atom. The maximum Gasteiger partial charge on any atom is 0.137 e. The highest BCUT2D eigenvalue weighted by molar-refractivity contribution is 9.10. The van der Waals surface area contributed by atoms with Crippen LogP contribution in [-0.2, 0) is 0 Å². The molecule has 0 atom stereocenters. The van der Waals surface area contributed by atoms with Gasteiger partial charge in [0.15, 0.2) is 0 Å². The third-order valence-corrected chi connectivity index (χ3v) is 3.27. The van der Waals surface area contributed by atoms with E-state index in [-0.39, 0.29) is 0 Å². The summed E-state index contributed by atoms with van der Waals surface area (Å²) < 4.78 is 3.25. The van der Waals surface area contributed by atoms with Gasteiger partial charge in [-0.25, -0.2) is 4.98 Å². The fourth-order valence-corrected chi connectivity index (χ4v) is 1.78. The summed E-state index contributed by atoms with van der Waals surface area (Å²) in [5.41, 5.74) is 3.36. The number of rotatable bonds is 1. The van der Waals surface area contributed by atoms with Gasteiger partial charge in [0, 0.05) is 16.4 Å². The van der Waals surface area contributed by atoms with Crippen LogP contribution in [0, 0.1) is 6.92 Å². The minimum absolute atomic E-state index is 0.480. The molecule has 14 heavy (non-hydrogen) atoms. The molecule has 2 aromatic heterocycles. The van der Waals surface area contributed by atoms with Crippen molar-refractivity contribution in [2.75, 3.05) is 0 Å². The fourth-order valence-electron chi connectivity index (χ4n) is 1.46. The lowest BCUT2D eigenvalue weighted by Crippen LogP contribution is -1.89. The molecule has 0 bridgehead atoms. The van der Waals surface area contributed by atoms with Crippen LogP contribution in [0.25, 0.3) is 5.65 Å². The van der Waals surface area contributed by atoms with Gasteiger partial charge in [0.05, 0.1) is 5.69 Å². The predicted octanol–water partition coefficient (Wildman–Crippen LogP) is 3.53. The highest BCUT2D eigenvalue weighted by atomic mass is 79.9. The first-order valence-electron chi connectivity index (χ1n) is 4.73. The molecule has 3 heteroatoms. The highest BCUT2D eigenvalue weighted by Crippen LogP contribution is 2.20. The third kappa shape index (κ3) is 1.46. The molecule has 0 unspecified atom stereocenters. The Hall–Kier alpha value is -0.830. The Labute approximate surface area is 92.1 Å². The van der Waals surface area contributed by atoms with Gasteiger partial charge in [-0.2, -0.15) is 0 Å². The second kappa shape index (κ2) is 3.39. The van der Waals surface area contributed by atoms with Gasteiger partial charge in [-0.15, -0.1) is 0 Å². The number of aromatic nitrogens is 2. The smallest absolute Gasteiger partial charge is 0.137 e.